The summed E-state index contributed by atoms with van der Waals surface area (Å²) in [6.45, 7) is 1.01. The van der Waals surface area contributed by atoms with E-state index in [2.05, 4.69) is 9.82 Å². The van der Waals surface area contributed by atoms with Crippen LogP contribution in [0.4, 0.5) is 5.69 Å². The number of aliphatic hydroxyl groups excluding tert-OH is 1. The van der Waals surface area contributed by atoms with Crippen molar-refractivity contribution in [3.05, 3.63) is 126 Å². The lowest BCUT2D eigenvalue weighted by molar-refractivity contribution is 0.0557. The smallest absolute Gasteiger partial charge is 0.330 e. The zero-order valence-corrected chi connectivity index (χ0v) is 21.2. The highest BCUT2D eigenvalue weighted by atomic mass is 32.2. The number of nitrogens with zero attached hydrogens (tertiary/aromatic N) is 3. The van der Waals surface area contributed by atoms with E-state index >= 15 is 0 Å². The van der Waals surface area contributed by atoms with E-state index in [0.29, 0.717) is 19.1 Å². The molecule has 2 N–H and O–H groups in total. The molecule has 0 radical (unpaired) electrons. The lowest BCUT2D eigenvalue weighted by Gasteiger charge is -2.19. The van der Waals surface area contributed by atoms with Crippen molar-refractivity contribution >= 4 is 28.0 Å². The van der Waals surface area contributed by atoms with Crippen LogP contribution in [0.3, 0.4) is 0 Å². The summed E-state index contributed by atoms with van der Waals surface area (Å²) in [5, 5.41) is 14.1. The van der Waals surface area contributed by atoms with Crippen LogP contribution in [0.15, 0.2) is 103 Å². The van der Waals surface area contributed by atoms with E-state index in [1.54, 1.807) is 29.1 Å². The Morgan fingerprint density at radius 2 is 1.61 bits per heavy atom. The molecule has 194 valence electrons. The summed E-state index contributed by atoms with van der Waals surface area (Å²) in [7, 11) is -3.97. The van der Waals surface area contributed by atoms with E-state index in [0.717, 1.165) is 32.9 Å². The van der Waals surface area contributed by atoms with E-state index in [9.17, 15) is 13.5 Å². The molecule has 1 aromatic heterocycles. The van der Waals surface area contributed by atoms with Gasteiger partial charge >= 0.3 is 10.2 Å². The summed E-state index contributed by atoms with van der Waals surface area (Å²) >= 11 is 0. The molecule has 10 heteroatoms. The lowest BCUT2D eigenvalue weighted by Crippen LogP contribution is -2.29. The van der Waals surface area contributed by atoms with Gasteiger partial charge in [-0.05, 0) is 41.0 Å². The number of aliphatic hydroxyl groups is 1. The van der Waals surface area contributed by atoms with Gasteiger partial charge in [0.05, 0.1) is 18.5 Å². The van der Waals surface area contributed by atoms with Gasteiger partial charge in [0.1, 0.15) is 24.8 Å². The molecule has 5 rings (SSSR count). The maximum atomic E-state index is 12.5. The van der Waals surface area contributed by atoms with Crippen LogP contribution < -0.4 is 13.8 Å². The molecule has 0 aliphatic carbocycles. The third kappa shape index (κ3) is 6.05. The third-order valence-corrected chi connectivity index (χ3v) is 7.00. The maximum absolute atomic E-state index is 12.5. The van der Waals surface area contributed by atoms with Gasteiger partial charge in [-0.15, -0.1) is 0 Å². The SMILES string of the molecule is O=S1(=O)NC(O)=CN1c1ccc(C=Cc2ccnn2COCc2ccccc2)cc1OCc1ccccc1. The molecule has 0 fully saturated rings. The van der Waals surface area contributed by atoms with Crippen LogP contribution in [0, 0.1) is 0 Å². The van der Waals surface area contributed by atoms with E-state index in [1.807, 2.05) is 78.9 Å². The second kappa shape index (κ2) is 11.2. The van der Waals surface area contributed by atoms with Crippen LogP contribution in [0.25, 0.3) is 12.2 Å². The molecule has 9 nitrogen and oxygen atoms in total. The molecule has 2 heterocycles. The Balaban J connectivity index is 1.35. The molecule has 0 bridgehead atoms. The zero-order chi connectivity index (χ0) is 26.4. The normalized spacial score (nSPS) is 14.4. The Hall–Kier alpha value is -4.54. The van der Waals surface area contributed by atoms with Gasteiger partial charge < -0.3 is 14.6 Å². The molecule has 0 amide bonds. The number of hydrogen-bond acceptors (Lipinski definition) is 6. The first-order chi connectivity index (χ1) is 18.5. The molecule has 1 aliphatic rings. The first kappa shape index (κ1) is 25.1. The Morgan fingerprint density at radius 1 is 0.895 bits per heavy atom. The molecule has 0 unspecified atom stereocenters. The molecule has 1 aliphatic heterocycles. The topological polar surface area (TPSA) is 106 Å². The van der Waals surface area contributed by atoms with Crippen molar-refractivity contribution in [3.8, 4) is 5.75 Å². The molecule has 0 saturated carbocycles. The Bertz CT molecular complexity index is 1550. The first-order valence-corrected chi connectivity index (χ1v) is 13.3. The van der Waals surface area contributed by atoms with Gasteiger partial charge in [0.2, 0.25) is 5.88 Å². The molecule has 4 aromatic rings. The molecular weight excluding hydrogens is 504 g/mol. The van der Waals surface area contributed by atoms with Gasteiger partial charge in [-0.3, -0.25) is 0 Å². The van der Waals surface area contributed by atoms with Gasteiger partial charge in [0.15, 0.2) is 0 Å². The molecular formula is C28H26N4O5S. The number of anilines is 1. The van der Waals surface area contributed by atoms with Crippen LogP contribution >= 0.6 is 0 Å². The summed E-state index contributed by atoms with van der Waals surface area (Å²) in [5.74, 6) is -0.127. The largest absolute Gasteiger partial charge is 0.493 e. The second-order valence-corrected chi connectivity index (χ2v) is 10.0. The summed E-state index contributed by atoms with van der Waals surface area (Å²) in [4.78, 5) is 0. The van der Waals surface area contributed by atoms with Crippen LogP contribution in [-0.4, -0.2) is 23.3 Å². The highest BCUT2D eigenvalue weighted by Gasteiger charge is 2.31. The Labute approximate surface area is 221 Å². The van der Waals surface area contributed by atoms with Crippen molar-refractivity contribution < 1.29 is 23.0 Å². The van der Waals surface area contributed by atoms with Crippen molar-refractivity contribution in [1.82, 2.24) is 14.5 Å². The van der Waals surface area contributed by atoms with Crippen molar-refractivity contribution in [1.29, 1.82) is 0 Å². The number of rotatable bonds is 10. The van der Waals surface area contributed by atoms with Crippen molar-refractivity contribution in [2.75, 3.05) is 4.31 Å². The van der Waals surface area contributed by atoms with E-state index in [-0.39, 0.29) is 12.3 Å². The van der Waals surface area contributed by atoms with Gasteiger partial charge in [0, 0.05) is 6.20 Å². The minimum absolute atomic E-state index is 0.240. The average molecular weight is 531 g/mol. The van der Waals surface area contributed by atoms with Crippen LogP contribution in [0.2, 0.25) is 0 Å². The van der Waals surface area contributed by atoms with Crippen LogP contribution in [0.1, 0.15) is 22.4 Å². The highest BCUT2D eigenvalue weighted by Crippen LogP contribution is 2.34. The summed E-state index contributed by atoms with van der Waals surface area (Å²) in [6, 6.07) is 26.5. The summed E-state index contributed by atoms with van der Waals surface area (Å²) in [6.07, 6.45) is 6.58. The number of aromatic nitrogens is 2. The van der Waals surface area contributed by atoms with Crippen LogP contribution in [0.5, 0.6) is 5.75 Å². The van der Waals surface area contributed by atoms with Gasteiger partial charge in [-0.1, -0.05) is 72.8 Å². The summed E-state index contributed by atoms with van der Waals surface area (Å²) < 4.78 is 41.6. The number of benzene rings is 3. The molecule has 0 saturated heterocycles. The lowest BCUT2D eigenvalue weighted by atomic mass is 10.1. The fourth-order valence-electron chi connectivity index (χ4n) is 3.85. The van der Waals surface area contributed by atoms with Gasteiger partial charge in [0.25, 0.3) is 0 Å². The van der Waals surface area contributed by atoms with E-state index in [4.69, 9.17) is 9.47 Å². The fourth-order valence-corrected chi connectivity index (χ4v) is 4.92. The van der Waals surface area contributed by atoms with Crippen molar-refractivity contribution in [2.45, 2.75) is 19.9 Å². The predicted molar refractivity (Wildman–Crippen MR) is 145 cm³/mol. The molecule has 38 heavy (non-hydrogen) atoms. The quantitative estimate of drug-likeness (QED) is 0.305. The fraction of sp³-hybridized carbons (Fsp3) is 0.107. The number of hydrogen-bond donors (Lipinski definition) is 2. The number of nitrogens with one attached hydrogen (secondary N) is 1. The monoisotopic (exact) mass is 530 g/mol. The molecule has 0 spiro atoms. The van der Waals surface area contributed by atoms with E-state index in [1.165, 1.54) is 0 Å². The zero-order valence-electron chi connectivity index (χ0n) is 20.3. The van der Waals surface area contributed by atoms with Gasteiger partial charge in [-0.2, -0.15) is 13.5 Å². The van der Waals surface area contributed by atoms with Crippen molar-refractivity contribution in [2.24, 2.45) is 0 Å². The second-order valence-electron chi connectivity index (χ2n) is 8.47. The summed E-state index contributed by atoms with van der Waals surface area (Å²) in [5.41, 5.74) is 3.91. The standard InChI is InChI=1S/C28H26N4O5S/c33-28-18-32(38(34,35)30-28)26-14-12-22(17-27(26)37-20-24-9-5-2-6-10-24)11-13-25-15-16-29-31(25)21-36-19-23-7-3-1-4-8-23/h1-18,30,33H,19-21H2. The average Bonchev–Trinajstić information content (AvgIpc) is 3.49. The van der Waals surface area contributed by atoms with Crippen molar-refractivity contribution in [3.63, 3.8) is 0 Å². The minimum Gasteiger partial charge on any atom is -0.493 e. The Morgan fingerprint density at radius 3 is 2.29 bits per heavy atom. The highest BCUT2D eigenvalue weighted by molar-refractivity contribution is 7.91. The van der Waals surface area contributed by atoms with E-state index < -0.39 is 16.1 Å². The van der Waals surface area contributed by atoms with Crippen LogP contribution in [-0.2, 0) is 34.9 Å². The number of ether oxygens (including phenoxy) is 2. The maximum Gasteiger partial charge on any atom is 0.330 e. The molecule has 0 atom stereocenters. The van der Waals surface area contributed by atoms with Gasteiger partial charge in [-0.25, -0.2) is 13.7 Å². The first-order valence-electron chi connectivity index (χ1n) is 11.8. The Kier molecular flexibility index (Phi) is 7.43. The molecule has 3 aromatic carbocycles. The third-order valence-electron chi connectivity index (χ3n) is 5.71. The minimum atomic E-state index is -3.97. The predicted octanol–water partition coefficient (Wildman–Crippen LogP) is 4.82.